The van der Waals surface area contributed by atoms with Gasteiger partial charge in [0, 0.05) is 0 Å². The summed E-state index contributed by atoms with van der Waals surface area (Å²) < 4.78 is 15.1. The molecule has 1 rings (SSSR count). The van der Waals surface area contributed by atoms with Gasteiger partial charge in [0.05, 0.1) is 19.8 Å². The molecule has 0 aliphatic heterocycles. The van der Waals surface area contributed by atoms with Crippen LogP contribution in [-0.2, 0) is 14.3 Å². The van der Waals surface area contributed by atoms with Crippen molar-refractivity contribution in [1.82, 2.24) is 5.32 Å². The molecule has 0 unspecified atom stereocenters. The number of methoxy groups -OCH3 is 2. The van der Waals surface area contributed by atoms with E-state index in [0.29, 0.717) is 18.5 Å². The highest BCUT2D eigenvalue weighted by Gasteiger charge is 2.26. The Balaban J connectivity index is 2.71. The highest BCUT2D eigenvalue weighted by atomic mass is 16.5. The molecule has 1 N–H and O–H groups in total. The topological polar surface area (TPSA) is 90.9 Å². The fourth-order valence-corrected chi connectivity index (χ4v) is 2.03. The molecule has 2 atom stereocenters. The number of benzene rings is 1. The van der Waals surface area contributed by atoms with Crippen molar-refractivity contribution in [3.63, 3.8) is 0 Å². The normalized spacial score (nSPS) is 12.7. The lowest BCUT2D eigenvalue weighted by molar-refractivity contribution is -0.146. The zero-order valence-electron chi connectivity index (χ0n) is 14.3. The quantitative estimate of drug-likeness (QED) is 0.543. The van der Waals surface area contributed by atoms with E-state index in [1.807, 2.05) is 13.8 Å². The van der Waals surface area contributed by atoms with Crippen LogP contribution in [0.5, 0.6) is 11.5 Å². The van der Waals surface area contributed by atoms with Gasteiger partial charge in [-0.15, -0.1) is 0 Å². The Kier molecular flexibility index (Phi) is 7.74. The molecule has 7 nitrogen and oxygen atoms in total. The van der Waals surface area contributed by atoms with Crippen LogP contribution in [0.1, 0.15) is 30.6 Å². The smallest absolute Gasteiger partial charge is 0.328 e. The van der Waals surface area contributed by atoms with Crippen LogP contribution in [0.25, 0.3) is 0 Å². The maximum absolute atomic E-state index is 12.0. The fraction of sp³-hybridized carbons (Fsp3) is 0.471. The summed E-state index contributed by atoms with van der Waals surface area (Å²) in [6, 6.07) is 3.94. The minimum Gasteiger partial charge on any atom is -0.497 e. The molecule has 0 saturated heterocycles. The molecule has 0 aliphatic rings. The van der Waals surface area contributed by atoms with E-state index in [4.69, 9.17) is 14.2 Å². The van der Waals surface area contributed by atoms with Crippen molar-refractivity contribution in [3.05, 3.63) is 23.8 Å². The van der Waals surface area contributed by atoms with Crippen LogP contribution < -0.4 is 14.8 Å². The van der Waals surface area contributed by atoms with Crippen molar-refractivity contribution in [1.29, 1.82) is 0 Å². The van der Waals surface area contributed by atoms with E-state index in [1.54, 1.807) is 12.1 Å². The summed E-state index contributed by atoms with van der Waals surface area (Å²) in [6.45, 7) is 3.44. The Hall–Kier alpha value is -2.57. The monoisotopic (exact) mass is 337 g/mol. The first kappa shape index (κ1) is 19.5. The maximum Gasteiger partial charge on any atom is 0.328 e. The highest BCUT2D eigenvalue weighted by Crippen LogP contribution is 2.22. The summed E-state index contributed by atoms with van der Waals surface area (Å²) >= 11 is 0. The number of carbonyl (C=O) groups is 3. The third-order valence-electron chi connectivity index (χ3n) is 3.69. The first-order chi connectivity index (χ1) is 11.5. The number of ether oxygens (including phenoxy) is 3. The molecule has 1 aromatic rings. The van der Waals surface area contributed by atoms with Crippen molar-refractivity contribution in [2.75, 3.05) is 20.8 Å². The van der Waals surface area contributed by atoms with Crippen LogP contribution in [0.2, 0.25) is 0 Å². The molecule has 0 aromatic heterocycles. The lowest BCUT2D eigenvalue weighted by Gasteiger charge is -2.21. The van der Waals surface area contributed by atoms with Crippen LogP contribution in [0.4, 0.5) is 0 Å². The third-order valence-corrected chi connectivity index (χ3v) is 3.69. The molecule has 0 bridgehead atoms. The van der Waals surface area contributed by atoms with E-state index in [0.717, 1.165) is 0 Å². The van der Waals surface area contributed by atoms with Gasteiger partial charge < -0.3 is 19.5 Å². The van der Waals surface area contributed by atoms with Crippen molar-refractivity contribution < 1.29 is 28.6 Å². The van der Waals surface area contributed by atoms with Crippen LogP contribution in [0, 0.1) is 5.92 Å². The number of rotatable bonds is 9. The number of amides is 1. The summed E-state index contributed by atoms with van der Waals surface area (Å²) in [7, 11) is 2.76. The van der Waals surface area contributed by atoms with Crippen LogP contribution >= 0.6 is 0 Å². The van der Waals surface area contributed by atoms with E-state index in [2.05, 4.69) is 5.32 Å². The molecule has 132 valence electrons. The fourth-order valence-electron chi connectivity index (χ4n) is 2.03. The molecule has 7 heteroatoms. The molecule has 24 heavy (non-hydrogen) atoms. The van der Waals surface area contributed by atoms with Gasteiger partial charge in [-0.1, -0.05) is 20.3 Å². The largest absolute Gasteiger partial charge is 0.497 e. The summed E-state index contributed by atoms with van der Waals surface area (Å²) in [5.41, 5.74) is 0.272. The Bertz CT molecular complexity index is 586. The Morgan fingerprint density at radius 3 is 2.54 bits per heavy atom. The zero-order chi connectivity index (χ0) is 18.1. The van der Waals surface area contributed by atoms with Gasteiger partial charge in [0.25, 0.3) is 5.91 Å². The van der Waals surface area contributed by atoms with Gasteiger partial charge in [0.2, 0.25) is 0 Å². The average molecular weight is 337 g/mol. The Labute approximate surface area is 141 Å². The van der Waals surface area contributed by atoms with Crippen LogP contribution in [0.15, 0.2) is 18.2 Å². The molecule has 0 fully saturated rings. The highest BCUT2D eigenvalue weighted by molar-refractivity contribution is 5.86. The van der Waals surface area contributed by atoms with Crippen molar-refractivity contribution >= 4 is 18.2 Å². The number of hydrogen-bond acceptors (Lipinski definition) is 6. The van der Waals surface area contributed by atoms with Gasteiger partial charge in [-0.05, 0) is 24.1 Å². The van der Waals surface area contributed by atoms with Gasteiger partial charge in [-0.25, -0.2) is 4.79 Å². The number of nitrogens with one attached hydrogen (secondary N) is 1. The Morgan fingerprint density at radius 2 is 2.00 bits per heavy atom. The van der Waals surface area contributed by atoms with Crippen molar-refractivity contribution in [2.24, 2.45) is 5.92 Å². The predicted molar refractivity (Wildman–Crippen MR) is 87.3 cm³/mol. The first-order valence-electron chi connectivity index (χ1n) is 7.60. The van der Waals surface area contributed by atoms with E-state index in [1.165, 1.54) is 20.3 Å². The van der Waals surface area contributed by atoms with Crippen LogP contribution in [0.3, 0.4) is 0 Å². The molecule has 0 aliphatic carbocycles. The summed E-state index contributed by atoms with van der Waals surface area (Å²) in [6.07, 6.45) is 1.32. The van der Waals surface area contributed by atoms with Gasteiger partial charge in [0.15, 0.2) is 12.9 Å². The molecular formula is C17H23NO6. The van der Waals surface area contributed by atoms with Crippen molar-refractivity contribution in [3.8, 4) is 11.5 Å². The zero-order valence-corrected chi connectivity index (χ0v) is 14.3. The molecule has 0 radical (unpaired) electrons. The van der Waals surface area contributed by atoms with Gasteiger partial charge >= 0.3 is 5.97 Å². The van der Waals surface area contributed by atoms with E-state index < -0.39 is 17.9 Å². The molecule has 0 spiro atoms. The maximum atomic E-state index is 12.0. The third kappa shape index (κ3) is 5.26. The molecule has 0 saturated carbocycles. The minimum absolute atomic E-state index is 0.0760. The number of aldehydes is 1. The second-order valence-corrected chi connectivity index (χ2v) is 5.26. The molecular weight excluding hydrogens is 314 g/mol. The Morgan fingerprint density at radius 1 is 1.29 bits per heavy atom. The lowest BCUT2D eigenvalue weighted by Crippen LogP contribution is -2.47. The molecule has 1 aromatic carbocycles. The molecule has 1 amide bonds. The van der Waals surface area contributed by atoms with Gasteiger partial charge in [0.1, 0.15) is 17.5 Å². The summed E-state index contributed by atoms with van der Waals surface area (Å²) in [5.74, 6) is -0.280. The first-order valence-corrected chi connectivity index (χ1v) is 7.60. The summed E-state index contributed by atoms with van der Waals surface area (Å²) in [5, 5.41) is 2.60. The van der Waals surface area contributed by atoms with E-state index in [9.17, 15) is 14.4 Å². The minimum atomic E-state index is -0.738. The molecule has 0 heterocycles. The predicted octanol–water partition coefficient (Wildman–Crippen LogP) is 1.59. The van der Waals surface area contributed by atoms with Gasteiger partial charge in [-0.3, -0.25) is 9.59 Å². The standard InChI is InChI=1S/C17H23NO6/c1-5-11(2)16(17(21)23-4)18-15(20)10-24-14-7-6-13(22-3)8-12(14)9-19/h6-9,11,16H,5,10H2,1-4H3,(H,18,20)/t11-,16+/m0/s1. The average Bonchev–Trinajstić information content (AvgIpc) is 2.62. The number of esters is 1. The van der Waals surface area contributed by atoms with Gasteiger partial charge in [-0.2, -0.15) is 0 Å². The lowest BCUT2D eigenvalue weighted by atomic mass is 9.99. The number of hydrogen-bond donors (Lipinski definition) is 1. The van der Waals surface area contributed by atoms with E-state index in [-0.39, 0.29) is 23.8 Å². The SMILES string of the molecule is CC[C@H](C)[C@@H](NC(=O)COc1ccc(OC)cc1C=O)C(=O)OC. The second kappa shape index (κ2) is 9.54. The summed E-state index contributed by atoms with van der Waals surface area (Å²) in [4.78, 5) is 34.9. The number of carbonyl (C=O) groups excluding carboxylic acids is 3. The van der Waals surface area contributed by atoms with Crippen LogP contribution in [-0.4, -0.2) is 45.0 Å². The van der Waals surface area contributed by atoms with E-state index >= 15 is 0 Å². The second-order valence-electron chi connectivity index (χ2n) is 5.26. The van der Waals surface area contributed by atoms with Crippen molar-refractivity contribution in [2.45, 2.75) is 26.3 Å².